The molecule has 2 N–H and O–H groups in total. The van der Waals surface area contributed by atoms with Gasteiger partial charge in [0, 0.05) is 12.5 Å². The third-order valence-electron chi connectivity index (χ3n) is 4.00. The van der Waals surface area contributed by atoms with Crippen molar-refractivity contribution < 1.29 is 0 Å². The Bertz CT molecular complexity index is 615. The monoisotopic (exact) mass is 272 g/mol. The normalized spacial score (nSPS) is 17.1. The lowest BCUT2D eigenvalue weighted by atomic mass is 9.92. The minimum Gasteiger partial charge on any atom is -0.397 e. The van der Waals surface area contributed by atoms with Gasteiger partial charge in [0.25, 0.3) is 0 Å². The average Bonchev–Trinajstić information content (AvgIpc) is 2.92. The summed E-state index contributed by atoms with van der Waals surface area (Å²) < 4.78 is 2.38. The van der Waals surface area contributed by atoms with Crippen molar-refractivity contribution in [1.29, 1.82) is 0 Å². The lowest BCUT2D eigenvalue weighted by molar-refractivity contribution is 0.381. The quantitative estimate of drug-likeness (QED) is 0.906. The Morgan fingerprint density at radius 2 is 2.00 bits per heavy atom. The Kier molecular flexibility index (Phi) is 3.19. The van der Waals surface area contributed by atoms with Gasteiger partial charge in [0.15, 0.2) is 5.65 Å². The van der Waals surface area contributed by atoms with Gasteiger partial charge in [-0.05, 0) is 24.3 Å². The molecular formula is C16H24N4. The largest absolute Gasteiger partial charge is 0.397 e. The molecule has 0 aliphatic heterocycles. The van der Waals surface area contributed by atoms with Gasteiger partial charge in [0.1, 0.15) is 11.3 Å². The van der Waals surface area contributed by atoms with Gasteiger partial charge in [0.2, 0.25) is 0 Å². The number of anilines is 1. The van der Waals surface area contributed by atoms with E-state index in [1.165, 1.54) is 25.7 Å². The summed E-state index contributed by atoms with van der Waals surface area (Å²) in [6.45, 7) is 6.77. The molecule has 1 aliphatic rings. The number of nitrogens with two attached hydrogens (primary N) is 1. The van der Waals surface area contributed by atoms with Gasteiger partial charge in [0.05, 0.1) is 11.9 Å². The third kappa shape index (κ3) is 2.51. The second-order valence-electron chi connectivity index (χ2n) is 7.19. The molecular weight excluding hydrogens is 248 g/mol. The lowest BCUT2D eigenvalue weighted by Crippen LogP contribution is -2.17. The maximum Gasteiger partial charge on any atom is 0.160 e. The van der Waals surface area contributed by atoms with Crippen LogP contribution in [0.5, 0.6) is 0 Å². The number of hydrogen-bond acceptors (Lipinski definition) is 3. The zero-order chi connectivity index (χ0) is 14.3. The fraction of sp³-hybridized carbons (Fsp3) is 0.625. The van der Waals surface area contributed by atoms with Gasteiger partial charge < -0.3 is 10.3 Å². The zero-order valence-electron chi connectivity index (χ0n) is 12.7. The summed E-state index contributed by atoms with van der Waals surface area (Å²) in [7, 11) is 0. The molecule has 0 spiro atoms. The second-order valence-corrected chi connectivity index (χ2v) is 7.19. The number of pyridine rings is 1. The Balaban J connectivity index is 2.13. The molecule has 0 saturated heterocycles. The van der Waals surface area contributed by atoms with E-state index in [1.807, 2.05) is 6.07 Å². The smallest absolute Gasteiger partial charge is 0.160 e. The molecule has 2 heterocycles. The molecule has 0 bridgehead atoms. The van der Waals surface area contributed by atoms with Crippen LogP contribution in [0, 0.1) is 5.41 Å². The van der Waals surface area contributed by atoms with Crippen LogP contribution < -0.4 is 5.73 Å². The fourth-order valence-corrected chi connectivity index (χ4v) is 3.19. The Hall–Kier alpha value is -1.58. The first kappa shape index (κ1) is 13.4. The number of rotatable bonds is 2. The maximum absolute atomic E-state index is 5.85. The molecule has 4 heteroatoms. The summed E-state index contributed by atoms with van der Waals surface area (Å²) in [5.41, 5.74) is 8.71. The van der Waals surface area contributed by atoms with Crippen molar-refractivity contribution >= 4 is 16.9 Å². The van der Waals surface area contributed by atoms with Crippen molar-refractivity contribution in [3.8, 4) is 0 Å². The molecule has 108 valence electrons. The fourth-order valence-electron chi connectivity index (χ4n) is 3.19. The molecule has 20 heavy (non-hydrogen) atoms. The number of imidazole rings is 1. The topological polar surface area (TPSA) is 56.7 Å². The van der Waals surface area contributed by atoms with Crippen LogP contribution in [0.2, 0.25) is 0 Å². The maximum atomic E-state index is 5.85. The van der Waals surface area contributed by atoms with Crippen LogP contribution in [0.15, 0.2) is 12.3 Å². The summed E-state index contributed by atoms with van der Waals surface area (Å²) in [5.74, 6) is 1.16. The Morgan fingerprint density at radius 1 is 1.30 bits per heavy atom. The van der Waals surface area contributed by atoms with Crippen molar-refractivity contribution in [3.05, 3.63) is 18.1 Å². The highest BCUT2D eigenvalue weighted by Crippen LogP contribution is 2.35. The molecule has 0 aromatic carbocycles. The van der Waals surface area contributed by atoms with Crippen molar-refractivity contribution in [2.24, 2.45) is 5.41 Å². The van der Waals surface area contributed by atoms with Gasteiger partial charge in [-0.25, -0.2) is 9.97 Å². The minimum absolute atomic E-state index is 0.225. The molecule has 4 nitrogen and oxygen atoms in total. The van der Waals surface area contributed by atoms with E-state index >= 15 is 0 Å². The molecule has 1 fully saturated rings. The summed E-state index contributed by atoms with van der Waals surface area (Å²) in [5, 5.41) is 0. The van der Waals surface area contributed by atoms with Crippen LogP contribution >= 0.6 is 0 Å². The minimum atomic E-state index is 0.225. The molecule has 1 saturated carbocycles. The van der Waals surface area contributed by atoms with Crippen LogP contribution in [0.3, 0.4) is 0 Å². The van der Waals surface area contributed by atoms with Gasteiger partial charge in [-0.15, -0.1) is 0 Å². The van der Waals surface area contributed by atoms with Crippen molar-refractivity contribution in [3.63, 3.8) is 0 Å². The summed E-state index contributed by atoms with van der Waals surface area (Å²) in [6, 6.07) is 2.51. The van der Waals surface area contributed by atoms with Crippen molar-refractivity contribution in [2.45, 2.75) is 58.9 Å². The standard InChI is InChI=1S/C16H24N4/c1-16(2,3)9-14-19-13-8-11(17)10-18-15(13)20(14)12-6-4-5-7-12/h8,10,12H,4-7,9,17H2,1-3H3. The van der Waals surface area contributed by atoms with E-state index in [4.69, 9.17) is 10.7 Å². The first-order valence-electron chi connectivity index (χ1n) is 7.56. The molecule has 2 aromatic rings. The SMILES string of the molecule is CC(C)(C)Cc1nc2cc(N)cnc2n1C1CCCC1. The number of nitrogen functional groups attached to an aromatic ring is 1. The first-order valence-corrected chi connectivity index (χ1v) is 7.56. The van der Waals surface area contributed by atoms with E-state index in [-0.39, 0.29) is 5.41 Å². The molecule has 0 radical (unpaired) electrons. The van der Waals surface area contributed by atoms with Crippen LogP contribution in [0.4, 0.5) is 5.69 Å². The van der Waals surface area contributed by atoms with Crippen LogP contribution in [-0.4, -0.2) is 14.5 Å². The molecule has 3 rings (SSSR count). The molecule has 2 aromatic heterocycles. The predicted molar refractivity (Wildman–Crippen MR) is 82.6 cm³/mol. The zero-order valence-corrected chi connectivity index (χ0v) is 12.7. The lowest BCUT2D eigenvalue weighted by Gasteiger charge is -2.21. The highest BCUT2D eigenvalue weighted by molar-refractivity contribution is 5.75. The summed E-state index contributed by atoms with van der Waals surface area (Å²) >= 11 is 0. The van der Waals surface area contributed by atoms with E-state index in [0.29, 0.717) is 11.7 Å². The highest BCUT2D eigenvalue weighted by atomic mass is 15.2. The molecule has 0 amide bonds. The van der Waals surface area contributed by atoms with Crippen LogP contribution in [0.25, 0.3) is 11.2 Å². The second kappa shape index (κ2) is 4.76. The number of hydrogen-bond donors (Lipinski definition) is 1. The first-order chi connectivity index (χ1) is 9.44. The molecule has 0 atom stereocenters. The molecule has 1 aliphatic carbocycles. The van der Waals surface area contributed by atoms with Gasteiger partial charge in [-0.2, -0.15) is 0 Å². The summed E-state index contributed by atoms with van der Waals surface area (Å²) in [6.07, 6.45) is 7.84. The van der Waals surface area contributed by atoms with E-state index in [9.17, 15) is 0 Å². The predicted octanol–water partition coefficient (Wildman–Crippen LogP) is 3.72. The van der Waals surface area contributed by atoms with E-state index in [1.54, 1.807) is 6.20 Å². The Labute approximate surface area is 120 Å². The molecule has 0 unspecified atom stereocenters. The van der Waals surface area contributed by atoms with E-state index in [0.717, 1.165) is 23.4 Å². The summed E-state index contributed by atoms with van der Waals surface area (Å²) in [4.78, 5) is 9.38. The van der Waals surface area contributed by atoms with Crippen molar-refractivity contribution in [1.82, 2.24) is 14.5 Å². The van der Waals surface area contributed by atoms with Gasteiger partial charge in [-0.1, -0.05) is 33.6 Å². The number of fused-ring (bicyclic) bond motifs is 1. The van der Waals surface area contributed by atoms with Crippen LogP contribution in [0.1, 0.15) is 58.3 Å². The van der Waals surface area contributed by atoms with Crippen LogP contribution in [-0.2, 0) is 6.42 Å². The van der Waals surface area contributed by atoms with Crippen molar-refractivity contribution in [2.75, 3.05) is 5.73 Å². The van der Waals surface area contributed by atoms with E-state index in [2.05, 4.69) is 30.3 Å². The average molecular weight is 272 g/mol. The third-order valence-corrected chi connectivity index (χ3v) is 4.00. The van der Waals surface area contributed by atoms with E-state index < -0.39 is 0 Å². The van der Waals surface area contributed by atoms with Gasteiger partial charge >= 0.3 is 0 Å². The van der Waals surface area contributed by atoms with Gasteiger partial charge in [-0.3, -0.25) is 0 Å². The highest BCUT2D eigenvalue weighted by Gasteiger charge is 2.25. The number of aromatic nitrogens is 3. The number of nitrogens with zero attached hydrogens (tertiary/aromatic N) is 3. The Morgan fingerprint density at radius 3 is 2.65 bits per heavy atom.